The molecule has 0 aliphatic carbocycles. The molecular formula is C16H15NO4. The number of hydrogen-bond donors (Lipinski definition) is 0. The van der Waals surface area contributed by atoms with Crippen molar-refractivity contribution in [2.75, 3.05) is 6.61 Å². The predicted octanol–water partition coefficient (Wildman–Crippen LogP) is 1.98. The van der Waals surface area contributed by atoms with E-state index in [0.717, 1.165) is 11.1 Å². The van der Waals surface area contributed by atoms with Gasteiger partial charge in [0.2, 0.25) is 5.78 Å². The second kappa shape index (κ2) is 6.17. The van der Waals surface area contributed by atoms with Gasteiger partial charge in [0.15, 0.2) is 19.0 Å². The SMILES string of the molecule is Cc1ccc(C)c(C(=O)COC(=O)c2cc[n+]([O-])cc2)c1. The predicted molar refractivity (Wildman–Crippen MR) is 75.9 cm³/mol. The van der Waals surface area contributed by atoms with Crippen molar-refractivity contribution in [3.63, 3.8) is 0 Å². The number of carbonyl (C=O) groups excluding carboxylic acids is 2. The molecule has 0 bridgehead atoms. The topological polar surface area (TPSA) is 70.3 Å². The van der Waals surface area contributed by atoms with Gasteiger partial charge in [-0.2, -0.15) is 4.73 Å². The maximum Gasteiger partial charge on any atom is 0.339 e. The molecule has 1 aromatic carbocycles. The average molecular weight is 285 g/mol. The van der Waals surface area contributed by atoms with Crippen molar-refractivity contribution >= 4 is 11.8 Å². The molecule has 5 nitrogen and oxygen atoms in total. The fourth-order valence-electron chi connectivity index (χ4n) is 1.88. The number of aryl methyl sites for hydroxylation is 2. The summed E-state index contributed by atoms with van der Waals surface area (Å²) in [6.07, 6.45) is 2.40. The number of benzene rings is 1. The van der Waals surface area contributed by atoms with Gasteiger partial charge in [0.1, 0.15) is 0 Å². The molecule has 0 unspecified atom stereocenters. The Morgan fingerprint density at radius 2 is 1.81 bits per heavy atom. The molecule has 0 fully saturated rings. The number of esters is 1. The first kappa shape index (κ1) is 14.7. The van der Waals surface area contributed by atoms with Gasteiger partial charge in [0.25, 0.3) is 0 Å². The number of nitrogens with zero attached hydrogens (tertiary/aromatic N) is 1. The van der Waals surface area contributed by atoms with Gasteiger partial charge in [-0.05, 0) is 25.5 Å². The quantitative estimate of drug-likeness (QED) is 0.373. The molecule has 5 heteroatoms. The summed E-state index contributed by atoms with van der Waals surface area (Å²) in [7, 11) is 0. The lowest BCUT2D eigenvalue weighted by Gasteiger charge is -2.07. The minimum atomic E-state index is -0.630. The zero-order valence-electron chi connectivity index (χ0n) is 11.8. The number of aromatic nitrogens is 1. The van der Waals surface area contributed by atoms with Gasteiger partial charge >= 0.3 is 5.97 Å². The van der Waals surface area contributed by atoms with Gasteiger partial charge in [0.05, 0.1) is 5.56 Å². The summed E-state index contributed by atoms with van der Waals surface area (Å²) in [5.74, 6) is -0.881. The zero-order chi connectivity index (χ0) is 15.4. The molecule has 0 N–H and O–H groups in total. The van der Waals surface area contributed by atoms with Crippen LogP contribution in [0.2, 0.25) is 0 Å². The van der Waals surface area contributed by atoms with E-state index in [0.29, 0.717) is 10.3 Å². The largest absolute Gasteiger partial charge is 0.619 e. The Morgan fingerprint density at radius 1 is 1.14 bits per heavy atom. The van der Waals surface area contributed by atoms with Crippen molar-refractivity contribution in [3.05, 3.63) is 70.2 Å². The molecule has 108 valence electrons. The number of pyridine rings is 1. The molecule has 0 atom stereocenters. The number of carbonyl (C=O) groups is 2. The van der Waals surface area contributed by atoms with Crippen LogP contribution in [0.3, 0.4) is 0 Å². The number of ether oxygens (including phenoxy) is 1. The Balaban J connectivity index is 2.02. The lowest BCUT2D eigenvalue weighted by Crippen LogP contribution is -2.24. The second-order valence-electron chi connectivity index (χ2n) is 4.76. The zero-order valence-corrected chi connectivity index (χ0v) is 11.8. The van der Waals surface area contributed by atoms with Gasteiger partial charge in [-0.1, -0.05) is 17.7 Å². The molecule has 0 saturated heterocycles. The highest BCUT2D eigenvalue weighted by atomic mass is 16.5. The van der Waals surface area contributed by atoms with E-state index in [2.05, 4.69) is 0 Å². The highest BCUT2D eigenvalue weighted by molar-refractivity contribution is 6.00. The van der Waals surface area contributed by atoms with E-state index in [9.17, 15) is 14.8 Å². The van der Waals surface area contributed by atoms with Gasteiger partial charge in [-0.25, -0.2) is 4.79 Å². The number of rotatable bonds is 4. The van der Waals surface area contributed by atoms with Crippen LogP contribution in [0, 0.1) is 19.1 Å². The van der Waals surface area contributed by atoms with Crippen LogP contribution in [0.25, 0.3) is 0 Å². The van der Waals surface area contributed by atoms with Crippen LogP contribution in [0.4, 0.5) is 0 Å². The van der Waals surface area contributed by atoms with Crippen LogP contribution in [-0.4, -0.2) is 18.4 Å². The van der Waals surface area contributed by atoms with Gasteiger partial charge in [-0.15, -0.1) is 0 Å². The van der Waals surface area contributed by atoms with Crippen LogP contribution >= 0.6 is 0 Å². The molecule has 2 aromatic rings. The molecule has 1 aromatic heterocycles. The average Bonchev–Trinajstić information content (AvgIpc) is 2.47. The van der Waals surface area contributed by atoms with E-state index >= 15 is 0 Å². The first-order valence-electron chi connectivity index (χ1n) is 6.44. The van der Waals surface area contributed by atoms with Gasteiger partial charge in [-0.3, -0.25) is 4.79 Å². The summed E-state index contributed by atoms with van der Waals surface area (Å²) >= 11 is 0. The fourth-order valence-corrected chi connectivity index (χ4v) is 1.88. The van der Waals surface area contributed by atoms with E-state index < -0.39 is 5.97 Å². The van der Waals surface area contributed by atoms with E-state index in [1.807, 2.05) is 26.0 Å². The first-order chi connectivity index (χ1) is 9.97. The summed E-state index contributed by atoms with van der Waals surface area (Å²) < 4.78 is 5.55. The van der Waals surface area contributed by atoms with Crippen LogP contribution < -0.4 is 4.73 Å². The molecular weight excluding hydrogens is 270 g/mol. The molecule has 0 aliphatic heterocycles. The number of hydrogen-bond acceptors (Lipinski definition) is 4. The molecule has 0 radical (unpaired) electrons. The Kier molecular flexibility index (Phi) is 4.33. The third kappa shape index (κ3) is 3.66. The number of Topliss-reactive ketones (excluding diaryl/α,β-unsaturated/α-hetero) is 1. The van der Waals surface area contributed by atoms with Crippen molar-refractivity contribution in [1.29, 1.82) is 0 Å². The molecule has 0 amide bonds. The summed E-state index contributed by atoms with van der Waals surface area (Å²) in [4.78, 5) is 23.8. The molecule has 21 heavy (non-hydrogen) atoms. The summed E-state index contributed by atoms with van der Waals surface area (Å²) in [5, 5.41) is 10.9. The Bertz CT molecular complexity index is 677. The van der Waals surface area contributed by atoms with Gasteiger partial charge in [0, 0.05) is 17.7 Å². The molecule has 2 rings (SSSR count). The minimum Gasteiger partial charge on any atom is -0.619 e. The smallest absolute Gasteiger partial charge is 0.339 e. The van der Waals surface area contributed by atoms with Crippen LogP contribution in [0.1, 0.15) is 31.8 Å². The van der Waals surface area contributed by atoms with E-state index in [1.54, 1.807) is 6.07 Å². The van der Waals surface area contributed by atoms with Crippen molar-refractivity contribution in [2.45, 2.75) is 13.8 Å². The summed E-state index contributed by atoms with van der Waals surface area (Å²) in [6, 6.07) is 8.23. The Morgan fingerprint density at radius 3 is 2.48 bits per heavy atom. The van der Waals surface area contributed by atoms with Crippen molar-refractivity contribution in [2.24, 2.45) is 0 Å². The third-order valence-corrected chi connectivity index (χ3v) is 3.07. The minimum absolute atomic E-state index is 0.232. The first-order valence-corrected chi connectivity index (χ1v) is 6.44. The third-order valence-electron chi connectivity index (χ3n) is 3.07. The van der Waals surface area contributed by atoms with Crippen molar-refractivity contribution in [3.8, 4) is 0 Å². The molecule has 0 spiro atoms. The summed E-state index contributed by atoms with van der Waals surface area (Å²) in [5.41, 5.74) is 2.59. The summed E-state index contributed by atoms with van der Waals surface area (Å²) in [6.45, 7) is 3.40. The maximum absolute atomic E-state index is 12.1. The van der Waals surface area contributed by atoms with Crippen LogP contribution in [0.15, 0.2) is 42.7 Å². The fraction of sp³-hybridized carbons (Fsp3) is 0.188. The number of ketones is 1. The standard InChI is InChI=1S/C16H15NO4/c1-11-3-4-12(2)14(9-11)15(18)10-21-16(19)13-5-7-17(20)8-6-13/h3-9H,10H2,1-2H3. The Hall–Kier alpha value is -2.69. The van der Waals surface area contributed by atoms with Crippen LogP contribution in [0.5, 0.6) is 0 Å². The lowest BCUT2D eigenvalue weighted by molar-refractivity contribution is -0.605. The van der Waals surface area contributed by atoms with Crippen molar-refractivity contribution < 1.29 is 19.1 Å². The van der Waals surface area contributed by atoms with E-state index in [4.69, 9.17) is 4.74 Å². The normalized spacial score (nSPS) is 10.2. The second-order valence-corrected chi connectivity index (χ2v) is 4.76. The van der Waals surface area contributed by atoms with E-state index in [-0.39, 0.29) is 18.0 Å². The Labute approximate surface area is 122 Å². The highest BCUT2D eigenvalue weighted by Crippen LogP contribution is 2.12. The van der Waals surface area contributed by atoms with E-state index in [1.165, 1.54) is 24.5 Å². The highest BCUT2D eigenvalue weighted by Gasteiger charge is 2.14. The van der Waals surface area contributed by atoms with Crippen LogP contribution in [-0.2, 0) is 4.74 Å². The monoisotopic (exact) mass is 285 g/mol. The van der Waals surface area contributed by atoms with Crippen molar-refractivity contribution in [1.82, 2.24) is 0 Å². The van der Waals surface area contributed by atoms with Gasteiger partial charge < -0.3 is 9.94 Å². The maximum atomic E-state index is 12.1. The lowest BCUT2D eigenvalue weighted by atomic mass is 10.0. The molecule has 0 aliphatic rings. The molecule has 0 saturated carbocycles. The molecule has 1 heterocycles.